The molecule has 0 aliphatic carbocycles. The van der Waals surface area contributed by atoms with Gasteiger partial charge in [0.2, 0.25) is 0 Å². The van der Waals surface area contributed by atoms with Gasteiger partial charge in [-0.2, -0.15) is 0 Å². The van der Waals surface area contributed by atoms with Crippen LogP contribution in [0.4, 0.5) is 5.82 Å². The predicted molar refractivity (Wildman–Crippen MR) is 78.0 cm³/mol. The monoisotopic (exact) mass is 290 g/mol. The van der Waals surface area contributed by atoms with E-state index in [1.807, 2.05) is 43.1 Å². The zero-order valence-electron chi connectivity index (χ0n) is 12.1. The molecule has 0 fully saturated rings. The molecule has 2 rings (SSSR count). The van der Waals surface area contributed by atoms with Crippen molar-refractivity contribution in [2.45, 2.75) is 20.1 Å². The van der Waals surface area contributed by atoms with Gasteiger partial charge in [-0.1, -0.05) is 17.2 Å². The molecule has 21 heavy (non-hydrogen) atoms. The molecule has 0 spiro atoms. The van der Waals surface area contributed by atoms with Gasteiger partial charge in [0.05, 0.1) is 18.9 Å². The molecule has 0 atom stereocenters. The summed E-state index contributed by atoms with van der Waals surface area (Å²) in [5, 5.41) is 14.8. The Bertz CT molecular complexity index is 595. The maximum Gasteiger partial charge on any atom is 0.346 e. The lowest BCUT2D eigenvalue weighted by molar-refractivity contribution is -0.393. The van der Waals surface area contributed by atoms with Crippen molar-refractivity contribution in [2.24, 2.45) is 0 Å². The van der Waals surface area contributed by atoms with E-state index in [1.165, 1.54) is 16.9 Å². The first kappa shape index (κ1) is 15.0. The Morgan fingerprint density at radius 3 is 2.67 bits per heavy atom. The summed E-state index contributed by atoms with van der Waals surface area (Å²) >= 11 is 0. The van der Waals surface area contributed by atoms with E-state index in [4.69, 9.17) is 4.74 Å². The molecule has 1 aromatic heterocycles. The first-order valence-electron chi connectivity index (χ1n) is 6.66. The lowest BCUT2D eigenvalue weighted by atomic mass is 10.2. The molecule has 0 amide bonds. The summed E-state index contributed by atoms with van der Waals surface area (Å²) in [7, 11) is 1.89. The number of nitro groups is 1. The molecular weight excluding hydrogens is 272 g/mol. The molecule has 112 valence electrons. The summed E-state index contributed by atoms with van der Waals surface area (Å²) in [5.74, 6) is 0.833. The molecule has 0 N–H and O–H groups in total. The molecule has 0 saturated heterocycles. The third kappa shape index (κ3) is 4.03. The SMILES string of the molecule is CCOc1ccc(CN(C)Cn2nccc2[N+](=O)[O-])cc1. The smallest absolute Gasteiger partial charge is 0.346 e. The Balaban J connectivity index is 1.96. The van der Waals surface area contributed by atoms with Crippen LogP contribution in [-0.4, -0.2) is 33.3 Å². The molecule has 0 aliphatic heterocycles. The van der Waals surface area contributed by atoms with Crippen LogP contribution in [0.1, 0.15) is 12.5 Å². The minimum absolute atomic E-state index is 0.00598. The molecule has 7 heteroatoms. The van der Waals surface area contributed by atoms with E-state index in [0.717, 1.165) is 11.3 Å². The average Bonchev–Trinajstić information content (AvgIpc) is 2.89. The van der Waals surface area contributed by atoms with Crippen molar-refractivity contribution in [1.82, 2.24) is 14.7 Å². The Hall–Kier alpha value is -2.41. The summed E-state index contributed by atoms with van der Waals surface area (Å²) in [6.07, 6.45) is 1.43. The van der Waals surface area contributed by atoms with Gasteiger partial charge in [-0.05, 0) is 36.6 Å². The number of hydrogen-bond donors (Lipinski definition) is 0. The van der Waals surface area contributed by atoms with Crippen molar-refractivity contribution >= 4 is 5.82 Å². The fourth-order valence-electron chi connectivity index (χ4n) is 2.04. The second-order valence-electron chi connectivity index (χ2n) is 4.68. The van der Waals surface area contributed by atoms with Crippen LogP contribution in [-0.2, 0) is 13.2 Å². The van der Waals surface area contributed by atoms with E-state index in [9.17, 15) is 10.1 Å². The molecule has 7 nitrogen and oxygen atoms in total. The van der Waals surface area contributed by atoms with E-state index in [2.05, 4.69) is 5.10 Å². The second kappa shape index (κ2) is 6.85. The Kier molecular flexibility index (Phi) is 4.89. The maximum atomic E-state index is 10.8. The molecular formula is C14H18N4O3. The number of aromatic nitrogens is 2. The van der Waals surface area contributed by atoms with Crippen molar-refractivity contribution in [3.63, 3.8) is 0 Å². The Morgan fingerprint density at radius 1 is 1.33 bits per heavy atom. The van der Waals surface area contributed by atoms with Crippen molar-refractivity contribution in [1.29, 1.82) is 0 Å². The standard InChI is InChI=1S/C14H18N4O3/c1-3-21-13-6-4-12(5-7-13)10-16(2)11-17-14(18(19)20)8-9-15-17/h4-9H,3,10-11H2,1-2H3. The summed E-state index contributed by atoms with van der Waals surface area (Å²) < 4.78 is 6.76. The van der Waals surface area contributed by atoms with Crippen molar-refractivity contribution in [3.8, 4) is 5.75 Å². The van der Waals surface area contributed by atoms with Gasteiger partial charge >= 0.3 is 5.82 Å². The van der Waals surface area contributed by atoms with E-state index >= 15 is 0 Å². The first-order chi connectivity index (χ1) is 10.1. The highest BCUT2D eigenvalue weighted by Crippen LogP contribution is 2.14. The topological polar surface area (TPSA) is 73.4 Å². The molecule has 1 heterocycles. The molecule has 1 aromatic carbocycles. The van der Waals surface area contributed by atoms with Gasteiger partial charge in [0.1, 0.15) is 5.75 Å². The third-order valence-electron chi connectivity index (χ3n) is 2.94. The van der Waals surface area contributed by atoms with Crippen LogP contribution in [0.25, 0.3) is 0 Å². The Morgan fingerprint density at radius 2 is 2.05 bits per heavy atom. The Labute approximate surface area is 122 Å². The normalized spacial score (nSPS) is 10.8. The van der Waals surface area contributed by atoms with Gasteiger partial charge in [-0.25, -0.2) is 0 Å². The minimum atomic E-state index is -0.433. The van der Waals surface area contributed by atoms with Crippen molar-refractivity contribution < 1.29 is 9.66 Å². The van der Waals surface area contributed by atoms with Crippen LogP contribution >= 0.6 is 0 Å². The second-order valence-corrected chi connectivity index (χ2v) is 4.68. The molecule has 0 bridgehead atoms. The zero-order valence-corrected chi connectivity index (χ0v) is 12.1. The largest absolute Gasteiger partial charge is 0.494 e. The van der Waals surface area contributed by atoms with Gasteiger partial charge in [0, 0.05) is 6.54 Å². The number of hydrogen-bond acceptors (Lipinski definition) is 5. The highest BCUT2D eigenvalue weighted by molar-refractivity contribution is 5.27. The third-order valence-corrected chi connectivity index (χ3v) is 2.94. The fourth-order valence-corrected chi connectivity index (χ4v) is 2.04. The first-order valence-corrected chi connectivity index (χ1v) is 6.66. The van der Waals surface area contributed by atoms with Crippen LogP contribution in [0.3, 0.4) is 0 Å². The molecule has 0 radical (unpaired) electrons. The summed E-state index contributed by atoms with van der Waals surface area (Å²) in [5.41, 5.74) is 1.11. The quantitative estimate of drug-likeness (QED) is 0.577. The fraction of sp³-hybridized carbons (Fsp3) is 0.357. The molecule has 0 unspecified atom stereocenters. The number of benzene rings is 1. The van der Waals surface area contributed by atoms with Gasteiger partial charge in [-0.15, -0.1) is 4.68 Å². The van der Waals surface area contributed by atoms with Crippen LogP contribution in [0.15, 0.2) is 36.5 Å². The summed E-state index contributed by atoms with van der Waals surface area (Å²) in [4.78, 5) is 12.4. The van der Waals surface area contributed by atoms with Crippen molar-refractivity contribution in [2.75, 3.05) is 13.7 Å². The number of ether oxygens (including phenoxy) is 1. The molecule has 2 aromatic rings. The van der Waals surface area contributed by atoms with Gasteiger partial charge in [0.25, 0.3) is 0 Å². The van der Waals surface area contributed by atoms with Gasteiger partial charge in [-0.3, -0.25) is 4.90 Å². The van der Waals surface area contributed by atoms with E-state index in [-0.39, 0.29) is 5.82 Å². The molecule has 0 saturated carbocycles. The van der Waals surface area contributed by atoms with E-state index in [0.29, 0.717) is 19.8 Å². The van der Waals surface area contributed by atoms with Gasteiger partial charge in [0.15, 0.2) is 6.67 Å². The van der Waals surface area contributed by atoms with Crippen LogP contribution in [0, 0.1) is 10.1 Å². The molecule has 0 aliphatic rings. The highest BCUT2D eigenvalue weighted by atomic mass is 16.6. The predicted octanol–water partition coefficient (Wildman–Crippen LogP) is 2.28. The van der Waals surface area contributed by atoms with E-state index in [1.54, 1.807) is 0 Å². The summed E-state index contributed by atoms with van der Waals surface area (Å²) in [6.45, 7) is 3.61. The zero-order chi connectivity index (χ0) is 15.2. The lowest BCUT2D eigenvalue weighted by Crippen LogP contribution is -2.23. The van der Waals surface area contributed by atoms with E-state index < -0.39 is 4.92 Å². The maximum absolute atomic E-state index is 10.8. The van der Waals surface area contributed by atoms with Crippen molar-refractivity contribution in [3.05, 3.63) is 52.2 Å². The minimum Gasteiger partial charge on any atom is -0.494 e. The highest BCUT2D eigenvalue weighted by Gasteiger charge is 2.15. The van der Waals surface area contributed by atoms with Crippen LogP contribution in [0.2, 0.25) is 0 Å². The summed E-state index contributed by atoms with van der Waals surface area (Å²) in [6, 6.07) is 9.20. The average molecular weight is 290 g/mol. The number of rotatable bonds is 7. The van der Waals surface area contributed by atoms with Gasteiger partial charge < -0.3 is 14.9 Å². The lowest BCUT2D eigenvalue weighted by Gasteiger charge is -2.14. The van der Waals surface area contributed by atoms with Crippen LogP contribution in [0.5, 0.6) is 5.75 Å². The number of nitrogens with zero attached hydrogens (tertiary/aromatic N) is 4. The van der Waals surface area contributed by atoms with Crippen LogP contribution < -0.4 is 4.74 Å².